The van der Waals surface area contributed by atoms with Crippen molar-refractivity contribution in [3.05, 3.63) is 46.5 Å². The molecular formula is C17H20N4OS. The Labute approximate surface area is 138 Å². The number of para-hydroxylation sites is 1. The first-order valence-corrected chi connectivity index (χ1v) is 8.72. The van der Waals surface area contributed by atoms with Crippen molar-refractivity contribution in [1.82, 2.24) is 20.3 Å². The normalized spacial score (nSPS) is 17.5. The molecule has 1 aliphatic rings. The van der Waals surface area contributed by atoms with Gasteiger partial charge in [-0.25, -0.2) is 9.97 Å². The van der Waals surface area contributed by atoms with Crippen LogP contribution in [-0.2, 0) is 12.8 Å². The third-order valence-corrected chi connectivity index (χ3v) is 5.76. The summed E-state index contributed by atoms with van der Waals surface area (Å²) >= 11 is 1.57. The molecule has 0 fully saturated rings. The maximum absolute atomic E-state index is 10.9. The molecule has 0 saturated heterocycles. The van der Waals surface area contributed by atoms with E-state index in [-0.39, 0.29) is 6.04 Å². The molecule has 120 valence electrons. The van der Waals surface area contributed by atoms with E-state index in [0.29, 0.717) is 5.92 Å². The van der Waals surface area contributed by atoms with E-state index in [4.69, 9.17) is 0 Å². The molecule has 1 aliphatic carbocycles. The third kappa shape index (κ3) is 2.56. The summed E-state index contributed by atoms with van der Waals surface area (Å²) in [6, 6.07) is 7.99. The zero-order valence-electron chi connectivity index (χ0n) is 13.2. The predicted octanol–water partition coefficient (Wildman–Crippen LogP) is 2.36. The first-order valence-electron chi connectivity index (χ1n) is 7.91. The number of aliphatic hydroxyl groups is 1. The van der Waals surface area contributed by atoms with Gasteiger partial charge in [-0.3, -0.25) is 0 Å². The number of aromatic nitrogens is 3. The number of fused-ring (bicyclic) bond motifs is 2. The van der Waals surface area contributed by atoms with Crippen LogP contribution in [0.3, 0.4) is 0 Å². The summed E-state index contributed by atoms with van der Waals surface area (Å²) in [5.74, 6) is 1.30. The lowest BCUT2D eigenvalue weighted by Gasteiger charge is -2.26. The van der Waals surface area contributed by atoms with Crippen molar-refractivity contribution in [1.29, 1.82) is 0 Å². The zero-order valence-corrected chi connectivity index (χ0v) is 14.0. The number of aryl methyl sites for hydroxylation is 1. The summed E-state index contributed by atoms with van der Waals surface area (Å²) in [6.07, 6.45) is 1.21. The molecule has 1 aromatic carbocycles. The molecule has 0 radical (unpaired) electrons. The summed E-state index contributed by atoms with van der Waals surface area (Å²) in [7, 11) is 1.91. The fourth-order valence-corrected chi connectivity index (χ4v) is 4.59. The highest BCUT2D eigenvalue weighted by Crippen LogP contribution is 2.34. The van der Waals surface area contributed by atoms with Crippen LogP contribution in [0.5, 0.6) is 0 Å². The molecule has 0 spiro atoms. The molecule has 5 nitrogen and oxygen atoms in total. The van der Waals surface area contributed by atoms with E-state index in [0.717, 1.165) is 39.6 Å². The second-order valence-corrected chi connectivity index (χ2v) is 7.26. The van der Waals surface area contributed by atoms with Gasteiger partial charge in [0.1, 0.15) is 16.9 Å². The van der Waals surface area contributed by atoms with Gasteiger partial charge in [-0.05, 0) is 44.9 Å². The van der Waals surface area contributed by atoms with Gasteiger partial charge >= 0.3 is 0 Å². The van der Waals surface area contributed by atoms with Crippen LogP contribution in [0.1, 0.15) is 28.3 Å². The van der Waals surface area contributed by atoms with Crippen LogP contribution in [0.4, 0.5) is 0 Å². The highest BCUT2D eigenvalue weighted by atomic mass is 32.1. The van der Waals surface area contributed by atoms with Crippen molar-refractivity contribution in [2.24, 2.45) is 5.92 Å². The molecule has 3 N–H and O–H groups in total. The van der Waals surface area contributed by atoms with Crippen LogP contribution in [0.2, 0.25) is 0 Å². The number of aromatic amines is 1. The Balaban J connectivity index is 1.58. The summed E-state index contributed by atoms with van der Waals surface area (Å²) in [5.41, 5.74) is 3.31. The van der Waals surface area contributed by atoms with E-state index < -0.39 is 6.10 Å². The Morgan fingerprint density at radius 2 is 2.13 bits per heavy atom. The van der Waals surface area contributed by atoms with Crippen LogP contribution >= 0.6 is 11.3 Å². The first-order chi connectivity index (χ1) is 11.2. The lowest BCUT2D eigenvalue weighted by molar-refractivity contribution is 0.103. The van der Waals surface area contributed by atoms with Gasteiger partial charge in [0, 0.05) is 11.7 Å². The van der Waals surface area contributed by atoms with Crippen LogP contribution < -0.4 is 5.32 Å². The van der Waals surface area contributed by atoms with Gasteiger partial charge < -0.3 is 15.4 Å². The third-order valence-electron chi connectivity index (χ3n) is 4.65. The highest BCUT2D eigenvalue weighted by molar-refractivity contribution is 7.18. The lowest BCUT2D eigenvalue weighted by Crippen LogP contribution is -2.39. The molecule has 2 aromatic heterocycles. The minimum absolute atomic E-state index is 0.0292. The monoisotopic (exact) mass is 328 g/mol. The number of thiazole rings is 1. The summed E-state index contributed by atoms with van der Waals surface area (Å²) < 4.78 is 1.12. The smallest absolute Gasteiger partial charge is 0.124 e. The van der Waals surface area contributed by atoms with Gasteiger partial charge in [0.2, 0.25) is 0 Å². The van der Waals surface area contributed by atoms with Crippen LogP contribution in [0.15, 0.2) is 24.3 Å². The number of aliphatic hydroxyl groups excluding tert-OH is 1. The fourth-order valence-electron chi connectivity index (χ4n) is 3.58. The van der Waals surface area contributed by atoms with Gasteiger partial charge in [-0.2, -0.15) is 0 Å². The van der Waals surface area contributed by atoms with Crippen molar-refractivity contribution in [3.8, 4) is 0 Å². The van der Waals surface area contributed by atoms with Crippen molar-refractivity contribution in [2.45, 2.75) is 31.9 Å². The number of rotatable bonds is 4. The SMILES string of the molecule is CNC(C1Cc2nc(C)[nH]c2C1)C(O)c1nc2ccccc2s1. The zero-order chi connectivity index (χ0) is 16.0. The van der Waals surface area contributed by atoms with Crippen molar-refractivity contribution < 1.29 is 5.11 Å². The predicted molar refractivity (Wildman–Crippen MR) is 91.7 cm³/mol. The Morgan fingerprint density at radius 1 is 1.30 bits per heavy atom. The van der Waals surface area contributed by atoms with Gasteiger partial charge in [0.15, 0.2) is 0 Å². The minimum Gasteiger partial charge on any atom is -0.384 e. The molecule has 0 saturated carbocycles. The van der Waals surface area contributed by atoms with Crippen molar-refractivity contribution in [3.63, 3.8) is 0 Å². The van der Waals surface area contributed by atoms with E-state index >= 15 is 0 Å². The summed E-state index contributed by atoms with van der Waals surface area (Å²) in [6.45, 7) is 1.98. The number of H-pyrrole nitrogens is 1. The average molecular weight is 328 g/mol. The van der Waals surface area contributed by atoms with E-state index in [1.54, 1.807) is 11.3 Å². The van der Waals surface area contributed by atoms with Crippen LogP contribution in [-0.4, -0.2) is 33.1 Å². The molecule has 2 heterocycles. The van der Waals surface area contributed by atoms with E-state index in [9.17, 15) is 5.11 Å². The molecule has 0 aliphatic heterocycles. The largest absolute Gasteiger partial charge is 0.384 e. The van der Waals surface area contributed by atoms with E-state index in [1.807, 2.05) is 38.2 Å². The molecule has 0 amide bonds. The Bertz CT molecular complexity index is 784. The van der Waals surface area contributed by atoms with Gasteiger partial charge in [-0.15, -0.1) is 11.3 Å². The Morgan fingerprint density at radius 3 is 2.87 bits per heavy atom. The number of benzene rings is 1. The molecule has 3 unspecified atom stereocenters. The topological polar surface area (TPSA) is 73.8 Å². The number of hydrogen-bond acceptors (Lipinski definition) is 5. The number of hydrogen-bond donors (Lipinski definition) is 3. The molecule has 3 aromatic rings. The molecule has 3 atom stereocenters. The molecule has 23 heavy (non-hydrogen) atoms. The fraction of sp³-hybridized carbons (Fsp3) is 0.412. The minimum atomic E-state index is -0.604. The highest BCUT2D eigenvalue weighted by Gasteiger charge is 2.35. The van der Waals surface area contributed by atoms with Crippen molar-refractivity contribution >= 4 is 21.6 Å². The molecular weight excluding hydrogens is 308 g/mol. The molecule has 0 bridgehead atoms. The van der Waals surface area contributed by atoms with Crippen molar-refractivity contribution in [2.75, 3.05) is 7.05 Å². The molecule has 6 heteroatoms. The summed E-state index contributed by atoms with van der Waals surface area (Å²) in [5, 5.41) is 15.0. The van der Waals surface area contributed by atoms with E-state index in [2.05, 4.69) is 20.3 Å². The lowest BCUT2D eigenvalue weighted by atomic mass is 9.93. The second-order valence-electron chi connectivity index (χ2n) is 6.19. The number of nitrogens with zero attached hydrogens (tertiary/aromatic N) is 2. The first kappa shape index (κ1) is 14.8. The maximum atomic E-state index is 10.9. The standard InChI is InChI=1S/C17H20N4OS/c1-9-19-12-7-10(8-13(12)20-9)15(18-2)16(22)17-21-11-5-3-4-6-14(11)23-17/h3-6,10,15-16,18,22H,7-8H2,1-2H3,(H,19,20). The van der Waals surface area contributed by atoms with Gasteiger partial charge in [0.05, 0.1) is 15.9 Å². The van der Waals surface area contributed by atoms with Gasteiger partial charge in [-0.1, -0.05) is 12.1 Å². The average Bonchev–Trinajstić information content (AvgIpc) is 3.19. The second kappa shape index (κ2) is 5.70. The summed E-state index contributed by atoms with van der Waals surface area (Å²) in [4.78, 5) is 12.5. The number of imidazole rings is 1. The molecule has 4 rings (SSSR count). The maximum Gasteiger partial charge on any atom is 0.124 e. The Hall–Kier alpha value is -1.76. The van der Waals surface area contributed by atoms with Crippen LogP contribution in [0, 0.1) is 12.8 Å². The number of nitrogens with one attached hydrogen (secondary N) is 2. The Kier molecular flexibility index (Phi) is 3.67. The number of likely N-dealkylation sites (N-methyl/N-ethyl adjacent to an activating group) is 1. The van der Waals surface area contributed by atoms with E-state index in [1.165, 1.54) is 5.69 Å². The quantitative estimate of drug-likeness (QED) is 0.687. The van der Waals surface area contributed by atoms with Crippen LogP contribution in [0.25, 0.3) is 10.2 Å². The van der Waals surface area contributed by atoms with Gasteiger partial charge in [0.25, 0.3) is 0 Å².